The van der Waals surface area contributed by atoms with E-state index in [1.807, 2.05) is 36.5 Å². The summed E-state index contributed by atoms with van der Waals surface area (Å²) in [5.74, 6) is 0. The van der Waals surface area contributed by atoms with Crippen LogP contribution in [0, 0.1) is 20.8 Å². The predicted molar refractivity (Wildman–Crippen MR) is 127 cm³/mol. The third-order valence-corrected chi connectivity index (χ3v) is 6.62. The Labute approximate surface area is 188 Å². The van der Waals surface area contributed by atoms with Crippen LogP contribution in [0.5, 0.6) is 0 Å². The van der Waals surface area contributed by atoms with Crippen LogP contribution in [0.25, 0.3) is 5.69 Å². The molecule has 3 heterocycles. The minimum atomic E-state index is 0.0114. The smallest absolute Gasteiger partial charge is 0.170 e. The summed E-state index contributed by atoms with van der Waals surface area (Å²) in [4.78, 5) is 6.98. The lowest BCUT2D eigenvalue weighted by Crippen LogP contribution is -2.30. The van der Waals surface area contributed by atoms with Gasteiger partial charge in [-0.25, -0.2) is 0 Å². The summed E-state index contributed by atoms with van der Waals surface area (Å²) in [6.45, 7) is 9.67. The number of aromatic nitrogens is 2. The Hall–Kier alpha value is -2.37. The molecule has 1 N–H and O–H groups in total. The van der Waals surface area contributed by atoms with Gasteiger partial charge in [0.2, 0.25) is 0 Å². The molecule has 1 aliphatic heterocycles. The third kappa shape index (κ3) is 3.50. The average molecular weight is 439 g/mol. The van der Waals surface area contributed by atoms with Gasteiger partial charge in [0.15, 0.2) is 5.11 Å². The van der Waals surface area contributed by atoms with Crippen LogP contribution in [0.2, 0.25) is 5.02 Å². The van der Waals surface area contributed by atoms with Crippen molar-refractivity contribution < 1.29 is 0 Å². The second kappa shape index (κ2) is 8.40. The number of thiocarbonyl (C=S) groups is 1. The standard InChI is InChI=1S/C24H27ClN4S/c1-5-13-28-23(22(27-24(28)30)20-11-6-7-12-26-20)21-15(2)16(3)29(17(21)4)19-10-8-9-18(25)14-19/h6-12,14,22-23H,5,13H2,1-4H3,(H,27,30)/t22-,23-/m1/s1. The summed E-state index contributed by atoms with van der Waals surface area (Å²) in [7, 11) is 0. The molecule has 1 fully saturated rings. The Balaban J connectivity index is 1.89. The van der Waals surface area contributed by atoms with Gasteiger partial charge in [0.25, 0.3) is 0 Å². The van der Waals surface area contributed by atoms with E-state index in [-0.39, 0.29) is 12.1 Å². The Morgan fingerprint density at radius 1 is 1.10 bits per heavy atom. The van der Waals surface area contributed by atoms with Crippen LogP contribution >= 0.6 is 23.8 Å². The van der Waals surface area contributed by atoms with Crippen LogP contribution in [-0.4, -0.2) is 26.1 Å². The number of hydrogen-bond donors (Lipinski definition) is 1. The molecule has 3 aromatic rings. The predicted octanol–water partition coefficient (Wildman–Crippen LogP) is 5.83. The van der Waals surface area contributed by atoms with Crippen molar-refractivity contribution in [1.29, 1.82) is 0 Å². The van der Waals surface area contributed by atoms with Crippen LogP contribution in [-0.2, 0) is 0 Å². The van der Waals surface area contributed by atoms with Gasteiger partial charge in [-0.15, -0.1) is 0 Å². The molecule has 0 radical (unpaired) electrons. The fraction of sp³-hybridized carbons (Fsp3) is 0.333. The normalized spacial score (nSPS) is 18.7. The molecule has 0 saturated carbocycles. The van der Waals surface area contributed by atoms with Crippen molar-refractivity contribution in [3.05, 3.63) is 81.9 Å². The molecule has 0 spiro atoms. The molecule has 0 unspecified atom stereocenters. The summed E-state index contributed by atoms with van der Waals surface area (Å²) in [6, 6.07) is 14.2. The number of benzene rings is 1. The molecule has 156 valence electrons. The zero-order chi connectivity index (χ0) is 21.4. The first kappa shape index (κ1) is 20.9. The quantitative estimate of drug-likeness (QED) is 0.508. The zero-order valence-electron chi connectivity index (χ0n) is 17.8. The molecule has 0 amide bonds. The largest absolute Gasteiger partial charge is 0.352 e. The minimum absolute atomic E-state index is 0.0114. The molecular formula is C24H27ClN4S. The van der Waals surface area contributed by atoms with E-state index >= 15 is 0 Å². The van der Waals surface area contributed by atoms with E-state index < -0.39 is 0 Å². The summed E-state index contributed by atoms with van der Waals surface area (Å²) in [5, 5.41) is 5.08. The highest BCUT2D eigenvalue weighted by Gasteiger charge is 2.42. The number of rotatable bonds is 5. The van der Waals surface area contributed by atoms with Crippen molar-refractivity contribution in [1.82, 2.24) is 19.8 Å². The number of hydrogen-bond acceptors (Lipinski definition) is 2. The van der Waals surface area contributed by atoms with E-state index in [2.05, 4.69) is 59.6 Å². The summed E-state index contributed by atoms with van der Waals surface area (Å²) in [6.07, 6.45) is 2.88. The van der Waals surface area contributed by atoms with Gasteiger partial charge in [0, 0.05) is 40.4 Å². The summed E-state index contributed by atoms with van der Waals surface area (Å²) < 4.78 is 2.30. The number of nitrogens with zero attached hydrogens (tertiary/aromatic N) is 3. The van der Waals surface area contributed by atoms with Crippen LogP contribution in [0.3, 0.4) is 0 Å². The van der Waals surface area contributed by atoms with E-state index in [1.165, 1.54) is 22.5 Å². The van der Waals surface area contributed by atoms with E-state index in [1.54, 1.807) is 0 Å². The van der Waals surface area contributed by atoms with Crippen molar-refractivity contribution >= 4 is 28.9 Å². The van der Waals surface area contributed by atoms with Gasteiger partial charge in [-0.05, 0) is 75.3 Å². The van der Waals surface area contributed by atoms with Crippen molar-refractivity contribution in [2.75, 3.05) is 6.54 Å². The number of nitrogens with one attached hydrogen (secondary N) is 1. The molecule has 4 rings (SSSR count). The lowest BCUT2D eigenvalue weighted by Gasteiger charge is -2.28. The SMILES string of the molecule is CCCN1C(=S)N[C@H](c2ccccn2)[C@H]1c1c(C)c(C)n(-c2cccc(Cl)c2)c1C. The fourth-order valence-corrected chi connectivity index (χ4v) is 5.16. The monoisotopic (exact) mass is 438 g/mol. The molecule has 2 aromatic heterocycles. The van der Waals surface area contributed by atoms with Crippen LogP contribution in [0.15, 0.2) is 48.7 Å². The van der Waals surface area contributed by atoms with Crippen LogP contribution in [0.1, 0.15) is 53.6 Å². The Bertz CT molecular complexity index is 1080. The highest BCUT2D eigenvalue weighted by Crippen LogP contribution is 2.43. The Morgan fingerprint density at radius 2 is 1.90 bits per heavy atom. The first-order valence-electron chi connectivity index (χ1n) is 10.4. The molecule has 30 heavy (non-hydrogen) atoms. The van der Waals surface area contributed by atoms with E-state index in [4.69, 9.17) is 23.8 Å². The van der Waals surface area contributed by atoms with Gasteiger partial charge >= 0.3 is 0 Å². The topological polar surface area (TPSA) is 33.1 Å². The molecule has 1 saturated heterocycles. The molecule has 0 aliphatic carbocycles. The lowest BCUT2D eigenvalue weighted by atomic mass is 9.93. The zero-order valence-corrected chi connectivity index (χ0v) is 19.4. The highest BCUT2D eigenvalue weighted by molar-refractivity contribution is 7.80. The van der Waals surface area contributed by atoms with Crippen molar-refractivity contribution in [2.45, 2.75) is 46.2 Å². The highest BCUT2D eigenvalue weighted by atomic mass is 35.5. The number of halogens is 1. The summed E-state index contributed by atoms with van der Waals surface area (Å²) >= 11 is 12.1. The van der Waals surface area contributed by atoms with Crippen LogP contribution < -0.4 is 5.32 Å². The molecule has 1 aliphatic rings. The average Bonchev–Trinajstić information content (AvgIpc) is 3.16. The second-order valence-corrected chi connectivity index (χ2v) is 8.67. The third-order valence-electron chi connectivity index (χ3n) is 6.03. The molecular weight excluding hydrogens is 412 g/mol. The van der Waals surface area contributed by atoms with E-state index in [0.717, 1.165) is 34.5 Å². The maximum atomic E-state index is 6.30. The van der Waals surface area contributed by atoms with Crippen molar-refractivity contribution in [3.8, 4) is 5.69 Å². The van der Waals surface area contributed by atoms with E-state index in [9.17, 15) is 0 Å². The second-order valence-electron chi connectivity index (χ2n) is 7.84. The van der Waals surface area contributed by atoms with Crippen molar-refractivity contribution in [3.63, 3.8) is 0 Å². The van der Waals surface area contributed by atoms with Crippen molar-refractivity contribution in [2.24, 2.45) is 0 Å². The van der Waals surface area contributed by atoms with Gasteiger partial charge in [-0.3, -0.25) is 4.98 Å². The maximum Gasteiger partial charge on any atom is 0.170 e. The minimum Gasteiger partial charge on any atom is -0.352 e. The first-order chi connectivity index (χ1) is 14.4. The van der Waals surface area contributed by atoms with Gasteiger partial charge in [0.1, 0.15) is 0 Å². The first-order valence-corrected chi connectivity index (χ1v) is 11.1. The van der Waals surface area contributed by atoms with Gasteiger partial charge in [0.05, 0.1) is 17.8 Å². The van der Waals surface area contributed by atoms with Crippen LogP contribution in [0.4, 0.5) is 0 Å². The maximum absolute atomic E-state index is 6.30. The molecule has 4 nitrogen and oxygen atoms in total. The molecule has 0 bridgehead atoms. The number of pyridine rings is 1. The molecule has 1 aromatic carbocycles. The lowest BCUT2D eigenvalue weighted by molar-refractivity contribution is 0.315. The Kier molecular flexibility index (Phi) is 5.85. The van der Waals surface area contributed by atoms with Gasteiger partial charge < -0.3 is 14.8 Å². The van der Waals surface area contributed by atoms with Gasteiger partial charge in [-0.2, -0.15) is 0 Å². The van der Waals surface area contributed by atoms with E-state index in [0.29, 0.717) is 0 Å². The molecule has 2 atom stereocenters. The molecule has 6 heteroatoms. The summed E-state index contributed by atoms with van der Waals surface area (Å²) in [5.41, 5.74) is 7.12. The Morgan fingerprint density at radius 3 is 2.57 bits per heavy atom. The fourth-order valence-electron chi connectivity index (χ4n) is 4.65. The van der Waals surface area contributed by atoms with Gasteiger partial charge in [-0.1, -0.05) is 30.7 Å².